The van der Waals surface area contributed by atoms with Gasteiger partial charge >= 0.3 is 5.97 Å². The molecule has 1 aliphatic rings. The molecular weight excluding hydrogens is 324 g/mol. The fourth-order valence-electron chi connectivity index (χ4n) is 2.62. The van der Waals surface area contributed by atoms with Crippen LogP contribution in [0.1, 0.15) is 45.6 Å². The Balaban J connectivity index is 2.23. The molecule has 0 N–H and O–H groups in total. The normalized spacial score (nSPS) is 15.0. The Morgan fingerprint density at radius 1 is 1.46 bits per heavy atom. The van der Waals surface area contributed by atoms with Gasteiger partial charge < -0.3 is 9.64 Å². The molecule has 1 fully saturated rings. The number of nitriles is 1. The quantitative estimate of drug-likeness (QED) is 0.653. The van der Waals surface area contributed by atoms with E-state index < -0.39 is 0 Å². The minimum absolute atomic E-state index is 0.188. The first-order valence-corrected chi connectivity index (χ1v) is 8.97. The molecule has 2 rings (SSSR count). The van der Waals surface area contributed by atoms with Crippen LogP contribution in [0.5, 0.6) is 0 Å². The van der Waals surface area contributed by atoms with E-state index in [-0.39, 0.29) is 12.0 Å². The summed E-state index contributed by atoms with van der Waals surface area (Å²) in [6.45, 7) is 7.29. The Morgan fingerprint density at radius 2 is 2.17 bits per heavy atom. The number of anilines is 1. The molecule has 5 heteroatoms. The molecule has 24 heavy (non-hydrogen) atoms. The lowest BCUT2D eigenvalue weighted by Crippen LogP contribution is -2.43. The number of carbonyl (C=O) groups excluding carboxylic acids is 1. The lowest BCUT2D eigenvalue weighted by atomic mass is 10.1. The third-order valence-corrected chi connectivity index (χ3v) is 4.46. The van der Waals surface area contributed by atoms with E-state index in [4.69, 9.17) is 21.6 Å². The highest BCUT2D eigenvalue weighted by atomic mass is 35.5. The first-order valence-electron chi connectivity index (χ1n) is 8.59. The SMILES string of the molecule is CCC(C(=O)OCC(C)C)N(CC1CC1)c1ccc(C#N)c(Cl)c1. The van der Waals surface area contributed by atoms with Gasteiger partial charge in [0, 0.05) is 12.2 Å². The lowest BCUT2D eigenvalue weighted by Gasteiger charge is -2.32. The summed E-state index contributed by atoms with van der Waals surface area (Å²) < 4.78 is 5.47. The monoisotopic (exact) mass is 348 g/mol. The number of benzene rings is 1. The maximum Gasteiger partial charge on any atom is 0.328 e. The van der Waals surface area contributed by atoms with Crippen LogP contribution in [-0.4, -0.2) is 25.2 Å². The minimum Gasteiger partial charge on any atom is -0.464 e. The average molecular weight is 349 g/mol. The molecule has 0 amide bonds. The molecule has 0 aliphatic heterocycles. The van der Waals surface area contributed by atoms with E-state index in [0.29, 0.717) is 35.4 Å². The zero-order chi connectivity index (χ0) is 17.7. The second-order valence-corrected chi connectivity index (χ2v) is 7.23. The van der Waals surface area contributed by atoms with E-state index in [0.717, 1.165) is 12.2 Å². The second kappa shape index (κ2) is 8.39. The Bertz CT molecular complexity index is 620. The molecule has 1 atom stereocenters. The molecule has 1 saturated carbocycles. The first kappa shape index (κ1) is 18.6. The highest BCUT2D eigenvalue weighted by molar-refractivity contribution is 6.32. The van der Waals surface area contributed by atoms with Crippen molar-refractivity contribution in [1.29, 1.82) is 5.26 Å². The fourth-order valence-corrected chi connectivity index (χ4v) is 2.84. The zero-order valence-corrected chi connectivity index (χ0v) is 15.3. The van der Waals surface area contributed by atoms with E-state index >= 15 is 0 Å². The van der Waals surface area contributed by atoms with Crippen LogP contribution in [0.15, 0.2) is 18.2 Å². The summed E-state index contributed by atoms with van der Waals surface area (Å²) in [6, 6.07) is 7.10. The van der Waals surface area contributed by atoms with Gasteiger partial charge in [-0.3, -0.25) is 0 Å². The van der Waals surface area contributed by atoms with Gasteiger partial charge in [-0.15, -0.1) is 0 Å². The van der Waals surface area contributed by atoms with Gasteiger partial charge in [-0.2, -0.15) is 5.26 Å². The molecule has 1 aromatic rings. The van der Waals surface area contributed by atoms with Gasteiger partial charge in [0.05, 0.1) is 17.2 Å². The van der Waals surface area contributed by atoms with Gasteiger partial charge in [0.2, 0.25) is 0 Å². The Kier molecular flexibility index (Phi) is 6.51. The van der Waals surface area contributed by atoms with Crippen molar-refractivity contribution in [2.24, 2.45) is 11.8 Å². The van der Waals surface area contributed by atoms with Crippen molar-refractivity contribution in [3.63, 3.8) is 0 Å². The Morgan fingerprint density at radius 3 is 2.67 bits per heavy atom. The molecule has 1 unspecified atom stereocenters. The molecule has 0 heterocycles. The van der Waals surface area contributed by atoms with E-state index in [1.54, 1.807) is 12.1 Å². The highest BCUT2D eigenvalue weighted by Crippen LogP contribution is 2.34. The molecule has 0 spiro atoms. The third kappa shape index (κ3) is 4.88. The van der Waals surface area contributed by atoms with Crippen molar-refractivity contribution < 1.29 is 9.53 Å². The van der Waals surface area contributed by atoms with E-state index in [9.17, 15) is 4.79 Å². The van der Waals surface area contributed by atoms with Crippen molar-refractivity contribution in [1.82, 2.24) is 0 Å². The molecule has 0 bridgehead atoms. The predicted molar refractivity (Wildman–Crippen MR) is 96.1 cm³/mol. The smallest absolute Gasteiger partial charge is 0.328 e. The molecule has 1 aromatic carbocycles. The summed E-state index contributed by atoms with van der Waals surface area (Å²) in [6.07, 6.45) is 3.05. The average Bonchev–Trinajstić information content (AvgIpc) is 3.36. The summed E-state index contributed by atoms with van der Waals surface area (Å²) in [5.74, 6) is 0.742. The van der Waals surface area contributed by atoms with Crippen LogP contribution in [0.3, 0.4) is 0 Å². The maximum absolute atomic E-state index is 12.6. The van der Waals surface area contributed by atoms with Crippen molar-refractivity contribution in [3.8, 4) is 6.07 Å². The highest BCUT2D eigenvalue weighted by Gasteiger charge is 2.32. The van der Waals surface area contributed by atoms with E-state index in [2.05, 4.69) is 11.0 Å². The van der Waals surface area contributed by atoms with Gasteiger partial charge in [-0.05, 0) is 49.3 Å². The van der Waals surface area contributed by atoms with Gasteiger partial charge in [0.1, 0.15) is 12.1 Å². The summed E-state index contributed by atoms with van der Waals surface area (Å²) >= 11 is 6.19. The Labute approximate surface area is 149 Å². The molecule has 0 radical (unpaired) electrons. The largest absolute Gasteiger partial charge is 0.464 e. The van der Waals surface area contributed by atoms with E-state index in [1.165, 1.54) is 12.8 Å². The number of ether oxygens (including phenoxy) is 1. The van der Waals surface area contributed by atoms with Crippen molar-refractivity contribution in [2.75, 3.05) is 18.1 Å². The van der Waals surface area contributed by atoms with Crippen LogP contribution in [-0.2, 0) is 9.53 Å². The number of hydrogen-bond donors (Lipinski definition) is 0. The summed E-state index contributed by atoms with van der Waals surface area (Å²) in [4.78, 5) is 14.6. The van der Waals surface area contributed by atoms with Crippen molar-refractivity contribution in [2.45, 2.75) is 46.1 Å². The summed E-state index contributed by atoms with van der Waals surface area (Å²) in [7, 11) is 0. The van der Waals surface area contributed by atoms with Crippen LogP contribution < -0.4 is 4.90 Å². The number of rotatable bonds is 8. The summed E-state index contributed by atoms with van der Waals surface area (Å²) in [5.41, 5.74) is 1.32. The molecule has 0 saturated heterocycles. The fraction of sp³-hybridized carbons (Fsp3) is 0.579. The Hall–Kier alpha value is -1.73. The molecule has 0 aromatic heterocycles. The first-order chi connectivity index (χ1) is 11.5. The number of esters is 1. The second-order valence-electron chi connectivity index (χ2n) is 6.82. The zero-order valence-electron chi connectivity index (χ0n) is 14.6. The molecular formula is C19H25ClN2O2. The summed E-state index contributed by atoms with van der Waals surface area (Å²) in [5, 5.41) is 9.46. The van der Waals surface area contributed by atoms with E-state index in [1.807, 2.05) is 26.8 Å². The van der Waals surface area contributed by atoms with Crippen LogP contribution in [0.25, 0.3) is 0 Å². The lowest BCUT2D eigenvalue weighted by molar-refractivity contribution is -0.146. The standard InChI is InChI=1S/C19H25ClN2O2/c1-4-18(19(23)24-12-13(2)3)22(11-14-5-6-14)16-8-7-15(10-21)17(20)9-16/h7-9,13-14,18H,4-6,11-12H2,1-3H3. The maximum atomic E-state index is 12.6. The molecule has 1 aliphatic carbocycles. The number of hydrogen-bond acceptors (Lipinski definition) is 4. The molecule has 4 nitrogen and oxygen atoms in total. The number of carbonyl (C=O) groups is 1. The molecule has 130 valence electrons. The minimum atomic E-state index is -0.326. The predicted octanol–water partition coefficient (Wildman–Crippen LogP) is 4.41. The van der Waals surface area contributed by atoms with Crippen LogP contribution >= 0.6 is 11.6 Å². The van der Waals surface area contributed by atoms with Crippen molar-refractivity contribution >= 4 is 23.3 Å². The van der Waals surface area contributed by atoms with Gasteiger partial charge in [0.25, 0.3) is 0 Å². The third-order valence-electron chi connectivity index (χ3n) is 4.15. The number of nitrogens with zero attached hydrogens (tertiary/aromatic N) is 2. The van der Waals surface area contributed by atoms with Crippen LogP contribution in [0.4, 0.5) is 5.69 Å². The van der Waals surface area contributed by atoms with Crippen molar-refractivity contribution in [3.05, 3.63) is 28.8 Å². The number of halogens is 1. The van der Waals surface area contributed by atoms with Crippen LogP contribution in [0.2, 0.25) is 5.02 Å². The van der Waals surface area contributed by atoms with Gasteiger partial charge in [-0.1, -0.05) is 32.4 Å². The topological polar surface area (TPSA) is 53.3 Å². The van der Waals surface area contributed by atoms with Crippen LogP contribution in [0, 0.1) is 23.2 Å². The van der Waals surface area contributed by atoms with Gasteiger partial charge in [0.15, 0.2) is 0 Å². The van der Waals surface area contributed by atoms with Gasteiger partial charge in [-0.25, -0.2) is 4.79 Å².